The van der Waals surface area contributed by atoms with Gasteiger partial charge in [-0.1, -0.05) is 16.8 Å². The third-order valence-electron chi connectivity index (χ3n) is 1.64. The highest BCUT2D eigenvalue weighted by Gasteiger charge is 2.03. The van der Waals surface area contributed by atoms with Gasteiger partial charge in [0.2, 0.25) is 0 Å². The summed E-state index contributed by atoms with van der Waals surface area (Å²) in [5.74, 6) is 1.21. The summed E-state index contributed by atoms with van der Waals surface area (Å²) < 4.78 is 5.06. The Labute approximate surface area is 109 Å². The monoisotopic (exact) mass is 282 g/mol. The summed E-state index contributed by atoms with van der Waals surface area (Å²) in [5.41, 5.74) is 5.34. The maximum Gasteiger partial charge on any atom is 0.149 e. The van der Waals surface area contributed by atoms with Crippen LogP contribution in [0.15, 0.2) is 28.3 Å². The van der Waals surface area contributed by atoms with E-state index in [2.05, 4.69) is 5.16 Å². The zero-order chi connectivity index (χ0) is 11.3. The number of oxime groups is 1. The first-order valence-electron chi connectivity index (χ1n) is 4.10. The van der Waals surface area contributed by atoms with Gasteiger partial charge in [0.15, 0.2) is 0 Å². The van der Waals surface area contributed by atoms with Crippen LogP contribution in [0.1, 0.15) is 0 Å². The van der Waals surface area contributed by atoms with Gasteiger partial charge in [0.05, 0.1) is 17.9 Å². The Bertz CT molecular complexity index is 375. The highest BCUT2D eigenvalue weighted by Crippen LogP contribution is 2.29. The number of hydrogen-bond acceptors (Lipinski definition) is 4. The van der Waals surface area contributed by atoms with E-state index >= 15 is 0 Å². The van der Waals surface area contributed by atoms with E-state index in [1.807, 2.05) is 6.07 Å². The number of benzene rings is 1. The number of thioether (sulfide) groups is 1. The van der Waals surface area contributed by atoms with Gasteiger partial charge >= 0.3 is 0 Å². The Morgan fingerprint density at radius 3 is 2.88 bits per heavy atom. The standard InChI is InChI=1S/C9H11ClN2O2S.ClH/c1-14-8-4-6(2-3-7(8)10)15-5-9(11)12-13;/h2-4,13H,5H2,1H3,(H2,11,12);1H. The normalized spacial score (nSPS) is 10.8. The maximum atomic E-state index is 8.36. The Kier molecular flexibility index (Phi) is 7.12. The van der Waals surface area contributed by atoms with E-state index < -0.39 is 0 Å². The highest BCUT2D eigenvalue weighted by atomic mass is 35.5. The lowest BCUT2D eigenvalue weighted by Crippen LogP contribution is -2.13. The van der Waals surface area contributed by atoms with Gasteiger partial charge in [-0.15, -0.1) is 24.2 Å². The SMILES string of the molecule is COc1cc(SC/C(N)=N\O)ccc1Cl.Cl. The summed E-state index contributed by atoms with van der Waals surface area (Å²) in [6.45, 7) is 0. The molecule has 90 valence electrons. The number of amidine groups is 1. The lowest BCUT2D eigenvalue weighted by Gasteiger charge is -2.05. The third kappa shape index (κ3) is 4.38. The third-order valence-corrected chi connectivity index (χ3v) is 2.98. The molecule has 0 saturated heterocycles. The second-order valence-corrected chi connectivity index (χ2v) is 4.13. The molecule has 16 heavy (non-hydrogen) atoms. The molecule has 4 nitrogen and oxygen atoms in total. The minimum absolute atomic E-state index is 0. The minimum atomic E-state index is 0. The number of halogens is 2. The Balaban J connectivity index is 0.00000225. The van der Waals surface area contributed by atoms with Crippen LogP contribution < -0.4 is 10.5 Å². The van der Waals surface area contributed by atoms with Gasteiger partial charge < -0.3 is 15.7 Å². The van der Waals surface area contributed by atoms with Gasteiger partial charge in [-0.3, -0.25) is 0 Å². The Morgan fingerprint density at radius 2 is 2.31 bits per heavy atom. The van der Waals surface area contributed by atoms with Crippen molar-refractivity contribution >= 4 is 41.6 Å². The first kappa shape index (κ1) is 15.2. The molecule has 0 fully saturated rings. The number of ether oxygens (including phenoxy) is 1. The average molecular weight is 283 g/mol. The minimum Gasteiger partial charge on any atom is -0.495 e. The predicted octanol–water partition coefficient (Wildman–Crippen LogP) is 2.61. The Morgan fingerprint density at radius 1 is 1.62 bits per heavy atom. The molecular weight excluding hydrogens is 271 g/mol. The first-order chi connectivity index (χ1) is 7.17. The maximum absolute atomic E-state index is 8.36. The highest BCUT2D eigenvalue weighted by molar-refractivity contribution is 8.00. The number of hydrogen-bond donors (Lipinski definition) is 2. The van der Waals surface area contributed by atoms with Crippen LogP contribution >= 0.6 is 35.8 Å². The summed E-state index contributed by atoms with van der Waals surface area (Å²) in [6, 6.07) is 5.40. The van der Waals surface area contributed by atoms with Gasteiger partial charge in [0, 0.05) is 4.90 Å². The summed E-state index contributed by atoms with van der Waals surface area (Å²) >= 11 is 7.30. The van der Waals surface area contributed by atoms with Crippen LogP contribution in [-0.4, -0.2) is 23.9 Å². The van der Waals surface area contributed by atoms with Crippen molar-refractivity contribution in [1.82, 2.24) is 0 Å². The molecule has 0 atom stereocenters. The first-order valence-corrected chi connectivity index (χ1v) is 5.46. The van der Waals surface area contributed by atoms with Crippen molar-refractivity contribution in [3.05, 3.63) is 23.2 Å². The second kappa shape index (κ2) is 7.49. The average Bonchev–Trinajstić information content (AvgIpc) is 2.27. The van der Waals surface area contributed by atoms with E-state index in [1.165, 1.54) is 11.8 Å². The molecule has 0 bridgehead atoms. The van der Waals surface area contributed by atoms with Gasteiger partial charge in [-0.2, -0.15) is 0 Å². The lowest BCUT2D eigenvalue weighted by atomic mass is 10.3. The lowest BCUT2D eigenvalue weighted by molar-refractivity contribution is 0.318. The van der Waals surface area contributed by atoms with E-state index in [4.69, 9.17) is 27.3 Å². The van der Waals surface area contributed by atoms with Crippen molar-refractivity contribution in [1.29, 1.82) is 0 Å². The van der Waals surface area contributed by atoms with Gasteiger partial charge in [0.25, 0.3) is 0 Å². The fourth-order valence-corrected chi connectivity index (χ4v) is 1.84. The fraction of sp³-hybridized carbons (Fsp3) is 0.222. The molecule has 0 unspecified atom stereocenters. The zero-order valence-corrected chi connectivity index (χ0v) is 10.9. The van der Waals surface area contributed by atoms with Crippen molar-refractivity contribution in [3.63, 3.8) is 0 Å². The second-order valence-electron chi connectivity index (χ2n) is 2.68. The van der Waals surface area contributed by atoms with E-state index in [1.54, 1.807) is 19.2 Å². The number of methoxy groups -OCH3 is 1. The molecule has 0 aliphatic heterocycles. The van der Waals surface area contributed by atoms with Crippen LogP contribution in [-0.2, 0) is 0 Å². The van der Waals surface area contributed by atoms with Crippen molar-refractivity contribution in [2.75, 3.05) is 12.9 Å². The molecule has 0 spiro atoms. The van der Waals surface area contributed by atoms with E-state index in [0.29, 0.717) is 16.5 Å². The summed E-state index contributed by atoms with van der Waals surface area (Å²) in [4.78, 5) is 0.947. The van der Waals surface area contributed by atoms with Gasteiger partial charge in [-0.25, -0.2) is 0 Å². The molecule has 0 saturated carbocycles. The van der Waals surface area contributed by atoms with Crippen LogP contribution in [0.4, 0.5) is 0 Å². The fourth-order valence-electron chi connectivity index (χ4n) is 0.916. The van der Waals surface area contributed by atoms with E-state index in [0.717, 1.165) is 4.90 Å². The summed E-state index contributed by atoms with van der Waals surface area (Å²) in [6.07, 6.45) is 0. The van der Waals surface area contributed by atoms with E-state index in [-0.39, 0.29) is 18.2 Å². The molecule has 0 aliphatic carbocycles. The molecule has 0 heterocycles. The molecular formula is C9H12Cl2N2O2S. The molecule has 0 aliphatic rings. The van der Waals surface area contributed by atoms with Crippen molar-refractivity contribution < 1.29 is 9.94 Å². The summed E-state index contributed by atoms with van der Waals surface area (Å²) in [5, 5.41) is 11.8. The van der Waals surface area contributed by atoms with Gasteiger partial charge in [0.1, 0.15) is 11.6 Å². The number of rotatable bonds is 4. The molecule has 0 aromatic heterocycles. The molecule has 3 N–H and O–H groups in total. The largest absolute Gasteiger partial charge is 0.495 e. The van der Waals surface area contributed by atoms with Crippen LogP contribution in [0.5, 0.6) is 5.75 Å². The molecule has 1 aromatic rings. The Hall–Kier alpha value is -0.780. The molecule has 1 aromatic carbocycles. The quantitative estimate of drug-likeness (QED) is 0.293. The summed E-state index contributed by atoms with van der Waals surface area (Å²) in [7, 11) is 1.55. The molecule has 0 amide bonds. The predicted molar refractivity (Wildman–Crippen MR) is 69.4 cm³/mol. The zero-order valence-electron chi connectivity index (χ0n) is 8.51. The van der Waals surface area contributed by atoms with Crippen LogP contribution in [0, 0.1) is 0 Å². The van der Waals surface area contributed by atoms with Gasteiger partial charge in [-0.05, 0) is 18.2 Å². The number of nitrogens with zero attached hydrogens (tertiary/aromatic N) is 1. The van der Waals surface area contributed by atoms with Crippen molar-refractivity contribution in [3.8, 4) is 5.75 Å². The number of nitrogens with two attached hydrogens (primary N) is 1. The smallest absolute Gasteiger partial charge is 0.149 e. The van der Waals surface area contributed by atoms with Crippen LogP contribution in [0.3, 0.4) is 0 Å². The topological polar surface area (TPSA) is 67.8 Å². The van der Waals surface area contributed by atoms with Crippen LogP contribution in [0.25, 0.3) is 0 Å². The molecule has 0 radical (unpaired) electrons. The van der Waals surface area contributed by atoms with Crippen molar-refractivity contribution in [2.45, 2.75) is 4.90 Å². The van der Waals surface area contributed by atoms with Crippen LogP contribution in [0.2, 0.25) is 5.02 Å². The molecule has 1 rings (SSSR count). The van der Waals surface area contributed by atoms with E-state index in [9.17, 15) is 0 Å². The van der Waals surface area contributed by atoms with Crippen molar-refractivity contribution in [2.24, 2.45) is 10.9 Å². The molecule has 7 heteroatoms.